The quantitative estimate of drug-likeness (QED) is 0.0442. The SMILES string of the molecule is COC(=O)N[C@@H](CCCCNC(=O)N1CCC(N(C(=O)C2CCC(C)CC2)c2cc(-c3ccccc3)sc2C(=O)O)CC1)C(=O)N1CCC[C@H]1c1ncc(-c2ccc(-c3ccc(-c4cnc([C@@H]5CCCN5C(=O)[C@@H](C)O)[nH]4)cc3)cc2)[nH]1. The molecule has 4 fully saturated rings. The van der Waals surface area contributed by atoms with Crippen molar-refractivity contribution in [2.75, 3.05) is 44.7 Å². The molecule has 1 saturated carbocycles. The van der Waals surface area contributed by atoms with Crippen molar-refractivity contribution in [3.63, 3.8) is 0 Å². The molecule has 19 nitrogen and oxygen atoms in total. The van der Waals surface area contributed by atoms with Gasteiger partial charge in [-0.2, -0.15) is 0 Å². The fourth-order valence-corrected chi connectivity index (χ4v) is 13.3. The van der Waals surface area contributed by atoms with Gasteiger partial charge >= 0.3 is 18.1 Å². The van der Waals surface area contributed by atoms with Gasteiger partial charge in [0.2, 0.25) is 11.8 Å². The van der Waals surface area contributed by atoms with Gasteiger partial charge in [0.25, 0.3) is 5.91 Å². The number of carboxylic acids is 1. The van der Waals surface area contributed by atoms with Crippen LogP contribution in [0.15, 0.2) is 97.3 Å². The van der Waals surface area contributed by atoms with Gasteiger partial charge in [-0.05, 0) is 130 Å². The lowest BCUT2D eigenvalue weighted by Crippen LogP contribution is -2.52. The number of imidazole rings is 2. The number of nitrogens with zero attached hydrogens (tertiary/aromatic N) is 6. The number of hydrogen-bond donors (Lipinski definition) is 6. The summed E-state index contributed by atoms with van der Waals surface area (Å²) in [6.45, 7) is 5.94. The molecule has 1 aliphatic carbocycles. The third kappa shape index (κ3) is 12.9. The van der Waals surface area contributed by atoms with E-state index in [0.717, 1.165) is 89.0 Å². The number of carboxylic acid groups (broad SMARTS) is 1. The maximum absolute atomic E-state index is 14.5. The Balaban J connectivity index is 0.713. The maximum Gasteiger partial charge on any atom is 0.407 e. The van der Waals surface area contributed by atoms with E-state index in [1.807, 2.05) is 60.7 Å². The van der Waals surface area contributed by atoms with E-state index in [2.05, 4.69) is 56.8 Å². The molecule has 6 heterocycles. The van der Waals surface area contributed by atoms with Crippen LogP contribution in [0.4, 0.5) is 15.3 Å². The molecule has 4 aliphatic rings. The number of amides is 6. The van der Waals surface area contributed by atoms with Crippen LogP contribution in [0.3, 0.4) is 0 Å². The number of rotatable bonds is 18. The molecular weight excluding hydrogens is 1060 g/mol. The molecule has 0 radical (unpaired) electrons. The zero-order chi connectivity index (χ0) is 57.4. The number of methoxy groups -OCH3 is 1. The molecule has 82 heavy (non-hydrogen) atoms. The number of nitrogens with one attached hydrogen (secondary N) is 4. The Morgan fingerprint density at radius 3 is 1.83 bits per heavy atom. The highest BCUT2D eigenvalue weighted by Crippen LogP contribution is 2.42. The van der Waals surface area contributed by atoms with Gasteiger partial charge in [0, 0.05) is 49.6 Å². The fourth-order valence-electron chi connectivity index (χ4n) is 12.3. The van der Waals surface area contributed by atoms with Gasteiger partial charge in [-0.15, -0.1) is 11.3 Å². The molecule has 0 bridgehead atoms. The number of thiophene rings is 1. The number of aliphatic hydroxyl groups excluding tert-OH is 1. The van der Waals surface area contributed by atoms with E-state index >= 15 is 0 Å². The molecule has 0 unspecified atom stereocenters. The molecular formula is C62H74N10O9S. The van der Waals surface area contributed by atoms with Crippen molar-refractivity contribution in [3.05, 3.63) is 114 Å². The summed E-state index contributed by atoms with van der Waals surface area (Å²) in [6.07, 6.45) is 10.7. The molecule has 6 aromatic rings. The van der Waals surface area contributed by atoms with Crippen LogP contribution < -0.4 is 15.5 Å². The largest absolute Gasteiger partial charge is 0.477 e. The average molecular weight is 1140 g/mol. The summed E-state index contributed by atoms with van der Waals surface area (Å²) >= 11 is 1.18. The number of alkyl carbamates (subject to hydrolysis) is 1. The molecule has 20 heteroatoms. The number of aromatic amines is 2. The number of H-pyrrole nitrogens is 2. The predicted octanol–water partition coefficient (Wildman–Crippen LogP) is 10.2. The lowest BCUT2D eigenvalue weighted by atomic mass is 9.82. The second-order valence-corrected chi connectivity index (χ2v) is 23.4. The first-order chi connectivity index (χ1) is 39.7. The lowest BCUT2D eigenvalue weighted by Gasteiger charge is -2.40. The molecule has 6 N–H and O–H groups in total. The van der Waals surface area contributed by atoms with Crippen molar-refractivity contribution in [2.24, 2.45) is 11.8 Å². The van der Waals surface area contributed by atoms with Crippen LogP contribution >= 0.6 is 11.3 Å². The van der Waals surface area contributed by atoms with E-state index < -0.39 is 24.2 Å². The molecule has 10 rings (SSSR count). The second-order valence-electron chi connectivity index (χ2n) is 22.4. The van der Waals surface area contributed by atoms with Gasteiger partial charge in [0.05, 0.1) is 48.7 Å². The van der Waals surface area contributed by atoms with Gasteiger partial charge in [0.1, 0.15) is 28.7 Å². The number of urea groups is 1. The number of anilines is 1. The molecule has 3 saturated heterocycles. The van der Waals surface area contributed by atoms with Gasteiger partial charge in [-0.3, -0.25) is 14.4 Å². The number of ether oxygens (including phenoxy) is 1. The van der Waals surface area contributed by atoms with Crippen molar-refractivity contribution in [1.29, 1.82) is 0 Å². The highest BCUT2D eigenvalue weighted by Gasteiger charge is 2.40. The summed E-state index contributed by atoms with van der Waals surface area (Å²) in [5.41, 5.74) is 6.94. The number of carbonyl (C=O) groups excluding carboxylic acids is 5. The van der Waals surface area contributed by atoms with E-state index in [-0.39, 0.29) is 52.7 Å². The zero-order valence-corrected chi connectivity index (χ0v) is 47.7. The number of carbonyl (C=O) groups is 6. The molecule has 3 aromatic heterocycles. The summed E-state index contributed by atoms with van der Waals surface area (Å²) in [7, 11) is 1.26. The van der Waals surface area contributed by atoms with E-state index in [0.29, 0.717) is 94.5 Å². The first-order valence-electron chi connectivity index (χ1n) is 29.0. The monoisotopic (exact) mass is 1130 g/mol. The number of likely N-dealkylation sites (tertiary alicyclic amines) is 3. The minimum Gasteiger partial charge on any atom is -0.477 e. The van der Waals surface area contributed by atoms with Crippen LogP contribution in [0, 0.1) is 11.8 Å². The van der Waals surface area contributed by atoms with Crippen LogP contribution in [0.2, 0.25) is 0 Å². The Hall–Kier alpha value is -7.84. The summed E-state index contributed by atoms with van der Waals surface area (Å²) in [4.78, 5) is 104. The number of aliphatic hydroxyl groups is 1. The molecule has 3 aromatic carbocycles. The van der Waals surface area contributed by atoms with E-state index in [1.54, 1.807) is 32.0 Å². The van der Waals surface area contributed by atoms with Crippen molar-refractivity contribution in [2.45, 2.75) is 128 Å². The molecule has 3 aliphatic heterocycles. The van der Waals surface area contributed by atoms with Crippen LogP contribution in [-0.2, 0) is 19.1 Å². The standard InChI is InChI=1S/C62H74N10O9S/c1-38-16-18-45(19-17-38)58(75)72(52-35-53(82-54(52)60(77)78)44-11-5-4-6-12-44)46-28-33-69(34-29-46)61(79)63-30-8-7-13-47(68-62(80)81-3)59(76)71-32-10-15-51(71)56-65-37-49(67-56)43-26-22-41(23-27-43)40-20-24-42(25-21-40)48-36-64-55(66-48)50-14-9-31-70(50)57(74)39(2)73/h4-6,11-12,20-27,35-39,45-47,50-51,73H,7-10,13-19,28-34H2,1-3H3,(H,63,79)(H,64,66)(H,65,67)(H,68,80)(H,77,78)/t38?,39-,45?,47+,50+,51+/m1/s1. The highest BCUT2D eigenvalue weighted by atomic mass is 32.1. The number of hydrogen-bond acceptors (Lipinski definition) is 11. The summed E-state index contributed by atoms with van der Waals surface area (Å²) in [5, 5.41) is 26.1. The predicted molar refractivity (Wildman–Crippen MR) is 313 cm³/mol. The van der Waals surface area contributed by atoms with Crippen LogP contribution in [0.5, 0.6) is 0 Å². The zero-order valence-electron chi connectivity index (χ0n) is 46.9. The van der Waals surface area contributed by atoms with Crippen LogP contribution in [0.1, 0.15) is 131 Å². The molecule has 432 valence electrons. The van der Waals surface area contributed by atoms with Crippen molar-refractivity contribution in [1.82, 2.24) is 45.3 Å². The first kappa shape index (κ1) is 57.4. The normalized spacial score (nSPS) is 20.1. The third-order valence-corrected chi connectivity index (χ3v) is 18.1. The maximum atomic E-state index is 14.5. The number of piperidine rings is 1. The highest BCUT2D eigenvalue weighted by molar-refractivity contribution is 7.18. The fraction of sp³-hybridized carbons (Fsp3) is 0.452. The smallest absolute Gasteiger partial charge is 0.407 e. The number of benzene rings is 3. The van der Waals surface area contributed by atoms with Crippen molar-refractivity contribution < 1.29 is 43.7 Å². The Labute approximate surface area is 481 Å². The Kier molecular flexibility index (Phi) is 18.2. The Morgan fingerprint density at radius 2 is 1.28 bits per heavy atom. The summed E-state index contributed by atoms with van der Waals surface area (Å²) in [5.74, 6) is 0.114. The average Bonchev–Trinajstić information content (AvgIpc) is 4.22. The molecule has 4 atom stereocenters. The summed E-state index contributed by atoms with van der Waals surface area (Å²) in [6, 6.07) is 26.0. The molecule has 6 amide bonds. The summed E-state index contributed by atoms with van der Waals surface area (Å²) < 4.78 is 4.94. The van der Waals surface area contributed by atoms with E-state index in [9.17, 15) is 39.0 Å². The van der Waals surface area contributed by atoms with E-state index in [4.69, 9.17) is 9.72 Å². The number of unbranched alkanes of at least 4 members (excludes halogenated alkanes) is 1. The topological polar surface area (TPSA) is 246 Å². The minimum atomic E-state index is -1.07. The number of aromatic carboxylic acids is 1. The van der Waals surface area contributed by atoms with Gasteiger partial charge < -0.3 is 55.2 Å². The minimum absolute atomic E-state index is 0.0336. The van der Waals surface area contributed by atoms with E-state index in [1.165, 1.54) is 25.4 Å². The van der Waals surface area contributed by atoms with Crippen LogP contribution in [-0.4, -0.2) is 139 Å². The lowest BCUT2D eigenvalue weighted by molar-refractivity contribution is -0.140. The van der Waals surface area contributed by atoms with Gasteiger partial charge in [-0.25, -0.2) is 24.4 Å². The first-order valence-corrected chi connectivity index (χ1v) is 29.8. The van der Waals surface area contributed by atoms with Gasteiger partial charge in [0.15, 0.2) is 0 Å². The Bertz CT molecular complexity index is 3200. The Morgan fingerprint density at radius 1 is 0.720 bits per heavy atom. The van der Waals surface area contributed by atoms with Crippen molar-refractivity contribution in [3.8, 4) is 44.1 Å². The third-order valence-electron chi connectivity index (χ3n) is 16.9. The van der Waals surface area contributed by atoms with Crippen LogP contribution in [0.25, 0.3) is 44.1 Å². The second kappa shape index (κ2) is 26.0. The van der Waals surface area contributed by atoms with Crippen molar-refractivity contribution >= 4 is 52.8 Å². The van der Waals surface area contributed by atoms with Gasteiger partial charge in [-0.1, -0.05) is 85.8 Å². The number of aromatic nitrogens is 4. The molecule has 0 spiro atoms.